The summed E-state index contributed by atoms with van der Waals surface area (Å²) in [5, 5.41) is 7.42. The zero-order valence-corrected chi connectivity index (χ0v) is 10.4. The van der Waals surface area contributed by atoms with Gasteiger partial charge in [0, 0.05) is 6.92 Å². The van der Waals surface area contributed by atoms with Crippen LogP contribution >= 0.6 is 0 Å². The molecule has 0 aromatic rings. The maximum absolute atomic E-state index is 9.00. The summed E-state index contributed by atoms with van der Waals surface area (Å²) in [7, 11) is 0. The molecule has 0 bridgehead atoms. The Morgan fingerprint density at radius 1 is 0.450 bits per heavy atom. The molecule has 152 valence electrons. The first-order chi connectivity index (χ1) is 1.73. The van der Waals surface area contributed by atoms with Crippen molar-refractivity contribution in [3.8, 4) is 0 Å². The van der Waals surface area contributed by atoms with E-state index in [0.717, 1.165) is 6.92 Å². The van der Waals surface area contributed by atoms with Crippen LogP contribution in [0.25, 0.3) is 0 Å². The molecular weight excluding hydrogens is 312 g/mol. The zero-order valence-electron chi connectivity index (χ0n) is 10.4. The molecule has 0 saturated carbocycles. The quantitative estimate of drug-likeness (QED) is 0.445. The normalized spacial score (nSPS) is 1.25. The molecule has 18 heteroatoms. The number of hydrogen-bond acceptors (Lipinski definition) is 1. The van der Waals surface area contributed by atoms with Crippen molar-refractivity contribution in [1.82, 2.24) is 0 Å². The van der Waals surface area contributed by atoms with E-state index in [1.807, 2.05) is 0 Å². The van der Waals surface area contributed by atoms with E-state index in [1.54, 1.807) is 0 Å². The number of aliphatic carboxylic acids is 1. The molecule has 0 saturated heterocycles. The molecule has 0 unspecified atom stereocenters. The van der Waals surface area contributed by atoms with Crippen LogP contribution < -0.4 is 0 Å². The molecule has 20 heavy (non-hydrogen) atoms. The van der Waals surface area contributed by atoms with E-state index in [1.165, 1.54) is 0 Å². The molecule has 0 amide bonds. The summed E-state index contributed by atoms with van der Waals surface area (Å²) in [6, 6.07) is 0. The number of carbonyl (C=O) groups is 1. The van der Waals surface area contributed by atoms with Crippen molar-refractivity contribution in [2.24, 2.45) is 0 Å². The Balaban J connectivity index is -0.000000000375. The number of hydrogen-bond donors (Lipinski definition) is 1. The molecular formula is C2H36O18. The maximum atomic E-state index is 9.00. The van der Waals surface area contributed by atoms with E-state index in [0.29, 0.717) is 0 Å². The van der Waals surface area contributed by atoms with Gasteiger partial charge in [-0.15, -0.1) is 0 Å². The number of carboxylic acids is 1. The molecule has 0 atom stereocenters. The van der Waals surface area contributed by atoms with Crippen molar-refractivity contribution in [2.75, 3.05) is 0 Å². The van der Waals surface area contributed by atoms with Gasteiger partial charge in [-0.25, -0.2) is 0 Å². The summed E-state index contributed by atoms with van der Waals surface area (Å²) in [6.07, 6.45) is 0. The molecule has 0 aliphatic carbocycles. The summed E-state index contributed by atoms with van der Waals surface area (Å²) in [5.41, 5.74) is 0. The Morgan fingerprint density at radius 3 is 0.450 bits per heavy atom. The Bertz CT molecular complexity index is 32.4. The Labute approximate surface area is 112 Å². The minimum atomic E-state index is -0.833. The fourth-order valence-electron chi connectivity index (χ4n) is 0. The second-order valence-electron chi connectivity index (χ2n) is 0.519. The van der Waals surface area contributed by atoms with Crippen LogP contribution in [0.1, 0.15) is 6.92 Å². The highest BCUT2D eigenvalue weighted by Gasteiger charge is 1.65. The van der Waals surface area contributed by atoms with Gasteiger partial charge in [0.15, 0.2) is 0 Å². The van der Waals surface area contributed by atoms with Crippen molar-refractivity contribution in [3.63, 3.8) is 0 Å². The third-order valence-electron chi connectivity index (χ3n) is 0. The lowest BCUT2D eigenvalue weighted by Crippen LogP contribution is -1.78. The van der Waals surface area contributed by atoms with Gasteiger partial charge in [0.2, 0.25) is 0 Å². The second-order valence-corrected chi connectivity index (χ2v) is 0.519. The standard InChI is InChI=1S/C2H4O2.16H2O/c1-2(3)4;;;;;;;;;;;;;;;;/h1H3,(H,3,4);16*1H2. The molecule has 0 aliphatic rings. The molecule has 18 nitrogen and oxygen atoms in total. The lowest BCUT2D eigenvalue weighted by Gasteiger charge is -1.59. The fraction of sp³-hybridized carbons (Fsp3) is 0.500. The third-order valence-corrected chi connectivity index (χ3v) is 0. The predicted octanol–water partition coefficient (Wildman–Crippen LogP) is -13.1. The van der Waals surface area contributed by atoms with Gasteiger partial charge < -0.3 is 92.7 Å². The highest BCUT2D eigenvalue weighted by molar-refractivity contribution is 5.62. The van der Waals surface area contributed by atoms with Crippen LogP contribution in [0.2, 0.25) is 0 Å². The number of rotatable bonds is 0. The lowest BCUT2D eigenvalue weighted by atomic mass is 10.9. The SMILES string of the molecule is CC(=O)O.O.O.O.O.O.O.O.O.O.O.O.O.O.O.O.O. The molecule has 0 aromatic carbocycles. The first-order valence-electron chi connectivity index (χ1n) is 0.928. The minimum absolute atomic E-state index is 0. The zero-order chi connectivity index (χ0) is 3.58. The smallest absolute Gasteiger partial charge is 0.300 e. The van der Waals surface area contributed by atoms with Gasteiger partial charge >= 0.3 is 0 Å². The van der Waals surface area contributed by atoms with Crippen LogP contribution in [-0.4, -0.2) is 98.7 Å². The molecule has 0 radical (unpaired) electrons. The average molecular weight is 348 g/mol. The van der Waals surface area contributed by atoms with E-state index in [-0.39, 0.29) is 87.6 Å². The monoisotopic (exact) mass is 348 g/mol. The summed E-state index contributed by atoms with van der Waals surface area (Å²) >= 11 is 0. The van der Waals surface area contributed by atoms with E-state index in [2.05, 4.69) is 0 Å². The van der Waals surface area contributed by atoms with Gasteiger partial charge in [-0.2, -0.15) is 0 Å². The second kappa shape index (κ2) is 1510. The van der Waals surface area contributed by atoms with Crippen molar-refractivity contribution in [2.45, 2.75) is 6.92 Å². The topological polar surface area (TPSA) is 541 Å². The molecule has 0 aromatic heterocycles. The first-order valence-corrected chi connectivity index (χ1v) is 0.928. The highest BCUT2D eigenvalue weighted by Crippen LogP contribution is 1.42. The van der Waals surface area contributed by atoms with Crippen LogP contribution in [0.4, 0.5) is 0 Å². The van der Waals surface area contributed by atoms with Gasteiger partial charge in [-0.3, -0.25) is 4.79 Å². The predicted molar refractivity (Wildman–Crippen MR) is 71.1 cm³/mol. The fourth-order valence-corrected chi connectivity index (χ4v) is 0. The van der Waals surface area contributed by atoms with Crippen molar-refractivity contribution in [3.05, 3.63) is 0 Å². The first kappa shape index (κ1) is 1790. The Kier molecular flexibility index (Phi) is 135000. The molecule has 0 fully saturated rings. The van der Waals surface area contributed by atoms with Crippen LogP contribution in [0.15, 0.2) is 0 Å². The van der Waals surface area contributed by atoms with E-state index < -0.39 is 5.97 Å². The van der Waals surface area contributed by atoms with Gasteiger partial charge in [0.1, 0.15) is 0 Å². The summed E-state index contributed by atoms with van der Waals surface area (Å²) in [6.45, 7) is 1.08. The third kappa shape index (κ3) is 3080. The highest BCUT2D eigenvalue weighted by atomic mass is 16.4. The molecule has 0 heterocycles. The van der Waals surface area contributed by atoms with Crippen molar-refractivity contribution < 1.29 is 97.5 Å². The summed E-state index contributed by atoms with van der Waals surface area (Å²) in [4.78, 5) is 9.00. The van der Waals surface area contributed by atoms with E-state index in [4.69, 9.17) is 9.90 Å². The average Bonchev–Trinajstić information content (AvgIpc) is 0.811. The maximum Gasteiger partial charge on any atom is 0.300 e. The largest absolute Gasteiger partial charge is 0.481 e. The van der Waals surface area contributed by atoms with Crippen LogP contribution in [0.3, 0.4) is 0 Å². The van der Waals surface area contributed by atoms with Crippen LogP contribution in [0.5, 0.6) is 0 Å². The van der Waals surface area contributed by atoms with Gasteiger partial charge in [-0.05, 0) is 0 Å². The Hall–Kier alpha value is -1.17. The summed E-state index contributed by atoms with van der Waals surface area (Å²) in [5.74, 6) is -0.833. The van der Waals surface area contributed by atoms with Gasteiger partial charge in [0.25, 0.3) is 5.97 Å². The van der Waals surface area contributed by atoms with Crippen molar-refractivity contribution in [1.29, 1.82) is 0 Å². The number of carboxylic acid groups (broad SMARTS) is 1. The van der Waals surface area contributed by atoms with Crippen LogP contribution in [-0.2, 0) is 4.79 Å². The van der Waals surface area contributed by atoms with E-state index >= 15 is 0 Å². The molecule has 33 N–H and O–H groups in total. The lowest BCUT2D eigenvalue weighted by molar-refractivity contribution is -0.134. The molecule has 0 rings (SSSR count). The van der Waals surface area contributed by atoms with Gasteiger partial charge in [-0.1, -0.05) is 0 Å². The van der Waals surface area contributed by atoms with Crippen molar-refractivity contribution >= 4 is 5.97 Å². The Morgan fingerprint density at radius 2 is 0.450 bits per heavy atom. The molecule has 0 spiro atoms. The minimum Gasteiger partial charge on any atom is -0.481 e. The molecule has 0 aliphatic heterocycles. The van der Waals surface area contributed by atoms with Crippen LogP contribution in [0, 0.1) is 0 Å². The van der Waals surface area contributed by atoms with E-state index in [9.17, 15) is 0 Å². The van der Waals surface area contributed by atoms with Gasteiger partial charge in [0.05, 0.1) is 0 Å². The summed E-state index contributed by atoms with van der Waals surface area (Å²) < 4.78 is 0.